The van der Waals surface area contributed by atoms with Gasteiger partial charge in [0.2, 0.25) is 5.91 Å². The molecule has 2 rings (SSSR count). The van der Waals surface area contributed by atoms with E-state index in [1.165, 1.54) is 18.7 Å². The number of ketones is 1. The van der Waals surface area contributed by atoms with Crippen LogP contribution in [0.4, 0.5) is 5.69 Å². The smallest absolute Gasteiger partial charge is 0.234 e. The fourth-order valence-corrected chi connectivity index (χ4v) is 2.31. The predicted octanol–water partition coefficient (Wildman–Crippen LogP) is 2.72. The van der Waals surface area contributed by atoms with E-state index in [0.717, 1.165) is 5.69 Å². The van der Waals surface area contributed by atoms with Crippen molar-refractivity contribution < 1.29 is 9.59 Å². The number of rotatable bonds is 5. The lowest BCUT2D eigenvalue weighted by molar-refractivity contribution is -0.113. The minimum absolute atomic E-state index is 0.0337. The zero-order valence-corrected chi connectivity index (χ0v) is 12.6. The molecule has 0 bridgehead atoms. The summed E-state index contributed by atoms with van der Waals surface area (Å²) in [7, 11) is 0. The molecule has 0 spiro atoms. The van der Waals surface area contributed by atoms with Crippen LogP contribution in [0.3, 0.4) is 0 Å². The van der Waals surface area contributed by atoms with Gasteiger partial charge in [0.15, 0.2) is 10.9 Å². The van der Waals surface area contributed by atoms with Crippen molar-refractivity contribution in [2.75, 3.05) is 11.1 Å². The summed E-state index contributed by atoms with van der Waals surface area (Å²) in [6.45, 7) is 3.37. The normalized spacial score (nSPS) is 10.2. The van der Waals surface area contributed by atoms with Crippen molar-refractivity contribution in [2.45, 2.75) is 19.0 Å². The highest BCUT2D eigenvalue weighted by atomic mass is 32.2. The van der Waals surface area contributed by atoms with Crippen molar-refractivity contribution in [2.24, 2.45) is 0 Å². The first-order valence-corrected chi connectivity index (χ1v) is 7.36. The van der Waals surface area contributed by atoms with E-state index in [9.17, 15) is 9.59 Å². The van der Waals surface area contributed by atoms with E-state index < -0.39 is 0 Å². The Morgan fingerprint density at radius 3 is 2.81 bits per heavy atom. The summed E-state index contributed by atoms with van der Waals surface area (Å²) in [5, 5.41) is 3.33. The van der Waals surface area contributed by atoms with E-state index in [0.29, 0.717) is 16.4 Å². The van der Waals surface area contributed by atoms with Crippen LogP contribution in [0.5, 0.6) is 0 Å². The highest BCUT2D eigenvalue weighted by Gasteiger charge is 2.07. The topological polar surface area (TPSA) is 72.0 Å². The molecular formula is C15H15N3O2S. The third-order valence-corrected chi connectivity index (χ3v) is 3.52. The molecule has 6 heteroatoms. The molecule has 0 radical (unpaired) electrons. The van der Waals surface area contributed by atoms with E-state index in [2.05, 4.69) is 15.3 Å². The Hall–Kier alpha value is -2.21. The molecule has 0 aliphatic rings. The first kappa shape index (κ1) is 15.2. The standard InChI is InChI=1S/C15H15N3O2S/c1-10-6-7-16-15(17-10)21-9-14(20)18-13-5-3-4-12(8-13)11(2)19/h3-8H,9H2,1-2H3,(H,18,20). The highest BCUT2D eigenvalue weighted by molar-refractivity contribution is 7.99. The van der Waals surface area contributed by atoms with Crippen molar-refractivity contribution in [3.63, 3.8) is 0 Å². The monoisotopic (exact) mass is 301 g/mol. The van der Waals surface area contributed by atoms with Crippen molar-refractivity contribution in [3.8, 4) is 0 Å². The fourth-order valence-electron chi connectivity index (χ4n) is 1.64. The van der Waals surface area contributed by atoms with Crippen molar-refractivity contribution in [1.29, 1.82) is 0 Å². The Bertz CT molecular complexity index is 673. The molecule has 108 valence electrons. The van der Waals surface area contributed by atoms with Gasteiger partial charge in [-0.15, -0.1) is 0 Å². The molecule has 0 aliphatic heterocycles. The molecule has 0 fully saturated rings. The molecule has 1 N–H and O–H groups in total. The van der Waals surface area contributed by atoms with Gasteiger partial charge in [-0.1, -0.05) is 23.9 Å². The van der Waals surface area contributed by atoms with Gasteiger partial charge in [0.05, 0.1) is 5.75 Å². The molecule has 0 saturated heterocycles. The van der Waals surface area contributed by atoms with Crippen LogP contribution in [-0.4, -0.2) is 27.4 Å². The maximum absolute atomic E-state index is 11.9. The summed E-state index contributed by atoms with van der Waals surface area (Å²) in [5.41, 5.74) is 2.04. The second-order valence-electron chi connectivity index (χ2n) is 4.45. The molecule has 0 unspecified atom stereocenters. The van der Waals surface area contributed by atoms with Crippen LogP contribution in [-0.2, 0) is 4.79 Å². The van der Waals surface area contributed by atoms with Crippen LogP contribution in [0.15, 0.2) is 41.7 Å². The van der Waals surface area contributed by atoms with Gasteiger partial charge in [-0.05, 0) is 32.0 Å². The SMILES string of the molecule is CC(=O)c1cccc(NC(=O)CSc2nccc(C)n2)c1. The fraction of sp³-hybridized carbons (Fsp3) is 0.200. The molecule has 1 amide bonds. The average Bonchev–Trinajstić information content (AvgIpc) is 2.45. The molecule has 2 aromatic rings. The Labute approximate surface area is 127 Å². The lowest BCUT2D eigenvalue weighted by Crippen LogP contribution is -2.14. The number of thioether (sulfide) groups is 1. The second-order valence-corrected chi connectivity index (χ2v) is 5.40. The van der Waals surface area contributed by atoms with Crippen LogP contribution in [0, 0.1) is 6.92 Å². The molecule has 1 heterocycles. The van der Waals surface area contributed by atoms with Gasteiger partial charge in [0.25, 0.3) is 0 Å². The van der Waals surface area contributed by atoms with Crippen LogP contribution >= 0.6 is 11.8 Å². The Morgan fingerprint density at radius 1 is 1.29 bits per heavy atom. The number of amides is 1. The summed E-state index contributed by atoms with van der Waals surface area (Å²) in [4.78, 5) is 31.5. The van der Waals surface area contributed by atoms with Crippen molar-refractivity contribution in [3.05, 3.63) is 47.8 Å². The minimum atomic E-state index is -0.161. The maximum atomic E-state index is 11.9. The third-order valence-electron chi connectivity index (χ3n) is 2.66. The summed E-state index contributed by atoms with van der Waals surface area (Å²) in [5.74, 6) is 0.0211. The number of anilines is 1. The molecule has 0 atom stereocenters. The lowest BCUT2D eigenvalue weighted by Gasteiger charge is -2.06. The van der Waals surface area contributed by atoms with Gasteiger partial charge in [-0.3, -0.25) is 9.59 Å². The first-order valence-electron chi connectivity index (χ1n) is 6.38. The Balaban J connectivity index is 1.93. The summed E-state index contributed by atoms with van der Waals surface area (Å²) >= 11 is 1.27. The molecule has 0 saturated carbocycles. The summed E-state index contributed by atoms with van der Waals surface area (Å²) < 4.78 is 0. The summed E-state index contributed by atoms with van der Waals surface area (Å²) in [6.07, 6.45) is 1.67. The van der Waals surface area contributed by atoms with Crippen LogP contribution in [0.1, 0.15) is 23.0 Å². The number of carbonyl (C=O) groups is 2. The zero-order chi connectivity index (χ0) is 15.2. The molecule has 0 aliphatic carbocycles. The number of benzene rings is 1. The summed E-state index contributed by atoms with van der Waals surface area (Å²) in [6, 6.07) is 8.67. The molecule has 21 heavy (non-hydrogen) atoms. The molecular weight excluding hydrogens is 286 g/mol. The van der Waals surface area contributed by atoms with Crippen LogP contribution in [0.25, 0.3) is 0 Å². The number of hydrogen-bond donors (Lipinski definition) is 1. The number of nitrogens with one attached hydrogen (secondary N) is 1. The van der Waals surface area contributed by atoms with E-state index in [4.69, 9.17) is 0 Å². The average molecular weight is 301 g/mol. The largest absolute Gasteiger partial charge is 0.325 e. The Morgan fingerprint density at radius 2 is 2.10 bits per heavy atom. The lowest BCUT2D eigenvalue weighted by atomic mass is 10.1. The van der Waals surface area contributed by atoms with Gasteiger partial charge in [-0.2, -0.15) is 0 Å². The number of hydrogen-bond acceptors (Lipinski definition) is 5. The predicted molar refractivity (Wildman–Crippen MR) is 82.6 cm³/mol. The van der Waals surface area contributed by atoms with E-state index in [-0.39, 0.29) is 17.4 Å². The molecule has 5 nitrogen and oxygen atoms in total. The van der Waals surface area contributed by atoms with Gasteiger partial charge in [0, 0.05) is 23.1 Å². The van der Waals surface area contributed by atoms with Gasteiger partial charge in [-0.25, -0.2) is 9.97 Å². The van der Waals surface area contributed by atoms with Gasteiger partial charge in [0.1, 0.15) is 0 Å². The zero-order valence-electron chi connectivity index (χ0n) is 11.8. The Kier molecular flexibility index (Phi) is 5.05. The number of carbonyl (C=O) groups excluding carboxylic acids is 2. The van der Waals surface area contributed by atoms with E-state index in [1.54, 1.807) is 36.5 Å². The van der Waals surface area contributed by atoms with Crippen LogP contribution < -0.4 is 5.32 Å². The maximum Gasteiger partial charge on any atom is 0.234 e. The third kappa shape index (κ3) is 4.68. The van der Waals surface area contributed by atoms with Crippen molar-refractivity contribution in [1.82, 2.24) is 9.97 Å². The number of aromatic nitrogens is 2. The van der Waals surface area contributed by atoms with Crippen LogP contribution in [0.2, 0.25) is 0 Å². The minimum Gasteiger partial charge on any atom is -0.325 e. The van der Waals surface area contributed by atoms with Crippen molar-refractivity contribution >= 4 is 29.1 Å². The highest BCUT2D eigenvalue weighted by Crippen LogP contribution is 2.15. The quantitative estimate of drug-likeness (QED) is 0.522. The molecule has 1 aromatic heterocycles. The number of aryl methyl sites for hydroxylation is 1. The van der Waals surface area contributed by atoms with E-state index in [1.807, 2.05) is 6.92 Å². The van der Waals surface area contributed by atoms with Gasteiger partial charge >= 0.3 is 0 Å². The van der Waals surface area contributed by atoms with E-state index >= 15 is 0 Å². The second kappa shape index (κ2) is 6.99. The van der Waals surface area contributed by atoms with Gasteiger partial charge < -0.3 is 5.32 Å². The first-order chi connectivity index (χ1) is 10.0. The number of nitrogens with zero attached hydrogens (tertiary/aromatic N) is 2. The number of Topliss-reactive ketones (excluding diaryl/α,β-unsaturated/α-hetero) is 1. The molecule has 1 aromatic carbocycles.